The van der Waals surface area contributed by atoms with Crippen LogP contribution in [0.25, 0.3) is 0 Å². The van der Waals surface area contributed by atoms with Gasteiger partial charge in [-0.05, 0) is 31.2 Å². The van der Waals surface area contributed by atoms with E-state index in [-0.39, 0.29) is 0 Å². The summed E-state index contributed by atoms with van der Waals surface area (Å²) in [6.07, 6.45) is 0. The molecule has 0 fully saturated rings. The van der Waals surface area contributed by atoms with E-state index in [0.717, 1.165) is 18.1 Å². The normalized spacial score (nSPS) is 9.76. The van der Waals surface area contributed by atoms with E-state index in [1.54, 1.807) is 25.3 Å². The zero-order valence-electron chi connectivity index (χ0n) is 12.1. The maximum Gasteiger partial charge on any atom is 0.162 e. The summed E-state index contributed by atoms with van der Waals surface area (Å²) in [7, 11) is 1.55. The minimum atomic E-state index is 0.335. The Kier molecular flexibility index (Phi) is 4.99. The molecule has 0 spiro atoms. The first-order valence-electron chi connectivity index (χ1n) is 6.67. The lowest BCUT2D eigenvalue weighted by Crippen LogP contribution is -2.04. The van der Waals surface area contributed by atoms with Gasteiger partial charge in [0.2, 0.25) is 0 Å². The highest BCUT2D eigenvalue weighted by atomic mass is 16.5. The summed E-state index contributed by atoms with van der Waals surface area (Å²) in [5, 5.41) is 12.0. The van der Waals surface area contributed by atoms with Crippen LogP contribution in [0.15, 0.2) is 36.4 Å². The summed E-state index contributed by atoms with van der Waals surface area (Å²) >= 11 is 0. The molecule has 1 heterocycles. The summed E-state index contributed by atoms with van der Waals surface area (Å²) in [4.78, 5) is 4.44. The lowest BCUT2D eigenvalue weighted by Gasteiger charge is -2.11. The molecule has 1 aromatic heterocycles. The van der Waals surface area contributed by atoms with Crippen molar-refractivity contribution in [2.75, 3.05) is 19.0 Å². The zero-order valence-corrected chi connectivity index (χ0v) is 12.1. The average molecular weight is 283 g/mol. The second-order valence-corrected chi connectivity index (χ2v) is 4.31. The fourth-order valence-corrected chi connectivity index (χ4v) is 1.85. The molecule has 108 valence electrons. The molecule has 0 radical (unpaired) electrons. The monoisotopic (exact) mass is 283 g/mol. The highest BCUT2D eigenvalue weighted by Gasteiger charge is 2.06. The molecule has 1 aromatic carbocycles. The molecule has 0 amide bonds. The molecule has 5 heteroatoms. The van der Waals surface area contributed by atoms with Crippen molar-refractivity contribution in [3.63, 3.8) is 0 Å². The Morgan fingerprint density at radius 3 is 2.81 bits per heavy atom. The smallest absolute Gasteiger partial charge is 0.162 e. The molecule has 21 heavy (non-hydrogen) atoms. The summed E-state index contributed by atoms with van der Waals surface area (Å²) < 4.78 is 11.0. The second-order valence-electron chi connectivity index (χ2n) is 4.31. The van der Waals surface area contributed by atoms with Gasteiger partial charge in [0.05, 0.1) is 24.4 Å². The van der Waals surface area contributed by atoms with E-state index in [4.69, 9.17) is 14.7 Å². The third-order valence-corrected chi connectivity index (χ3v) is 2.83. The highest BCUT2D eigenvalue weighted by molar-refractivity contribution is 5.46. The van der Waals surface area contributed by atoms with Crippen molar-refractivity contribution in [2.45, 2.75) is 13.5 Å². The van der Waals surface area contributed by atoms with Crippen molar-refractivity contribution < 1.29 is 9.47 Å². The quantitative estimate of drug-likeness (QED) is 0.882. The van der Waals surface area contributed by atoms with Gasteiger partial charge in [0.25, 0.3) is 0 Å². The van der Waals surface area contributed by atoms with Crippen molar-refractivity contribution >= 4 is 5.82 Å². The number of anilines is 1. The van der Waals surface area contributed by atoms with Crippen LogP contribution >= 0.6 is 0 Å². The number of nitriles is 1. The van der Waals surface area contributed by atoms with Crippen molar-refractivity contribution in [3.8, 4) is 17.6 Å². The third kappa shape index (κ3) is 3.86. The number of nitrogens with one attached hydrogen (secondary N) is 1. The van der Waals surface area contributed by atoms with Crippen LogP contribution in [-0.2, 0) is 6.61 Å². The summed E-state index contributed by atoms with van der Waals surface area (Å²) in [6.45, 7) is 3.18. The molecule has 1 N–H and O–H groups in total. The lowest BCUT2D eigenvalue weighted by atomic mass is 10.2. The molecule has 0 aliphatic rings. The van der Waals surface area contributed by atoms with Crippen molar-refractivity contribution in [2.24, 2.45) is 0 Å². The topological polar surface area (TPSA) is 67.2 Å². The number of ether oxygens (including phenoxy) is 2. The summed E-state index contributed by atoms with van der Waals surface area (Å²) in [5.74, 6) is 1.95. The minimum Gasteiger partial charge on any atom is -0.493 e. The Bertz CT molecular complexity index is 650. The van der Waals surface area contributed by atoms with Crippen LogP contribution in [0.5, 0.6) is 11.5 Å². The Balaban J connectivity index is 2.09. The molecule has 2 rings (SSSR count). The van der Waals surface area contributed by atoms with Crippen molar-refractivity contribution in [1.82, 2.24) is 4.98 Å². The molecule has 0 unspecified atom stereocenters. The van der Waals surface area contributed by atoms with E-state index < -0.39 is 0 Å². The van der Waals surface area contributed by atoms with Crippen LogP contribution in [0.2, 0.25) is 0 Å². The number of methoxy groups -OCH3 is 1. The van der Waals surface area contributed by atoms with Crippen LogP contribution in [0.4, 0.5) is 5.82 Å². The van der Waals surface area contributed by atoms with E-state index in [2.05, 4.69) is 16.4 Å². The van der Waals surface area contributed by atoms with Gasteiger partial charge in [-0.2, -0.15) is 5.26 Å². The number of benzene rings is 1. The average Bonchev–Trinajstić information content (AvgIpc) is 2.53. The van der Waals surface area contributed by atoms with Crippen LogP contribution in [0, 0.1) is 11.3 Å². The molecular weight excluding hydrogens is 266 g/mol. The first kappa shape index (κ1) is 14.7. The highest BCUT2D eigenvalue weighted by Crippen LogP contribution is 2.28. The van der Waals surface area contributed by atoms with E-state index in [1.165, 1.54) is 0 Å². The summed E-state index contributed by atoms with van der Waals surface area (Å²) in [5.41, 5.74) is 1.35. The van der Waals surface area contributed by atoms with Crippen LogP contribution < -0.4 is 14.8 Å². The van der Waals surface area contributed by atoms with Crippen LogP contribution in [0.1, 0.15) is 18.2 Å². The molecule has 0 aliphatic carbocycles. The first-order valence-corrected chi connectivity index (χ1v) is 6.67. The zero-order chi connectivity index (χ0) is 15.1. The SMILES string of the molecule is CCNc1cccc(COc2ccc(C#N)cc2OC)n1. The number of rotatable bonds is 6. The van der Waals surface area contributed by atoms with Crippen LogP contribution in [-0.4, -0.2) is 18.6 Å². The Hall–Kier alpha value is -2.74. The second kappa shape index (κ2) is 7.15. The molecule has 0 saturated heterocycles. The number of hydrogen-bond donors (Lipinski definition) is 1. The molecule has 0 aliphatic heterocycles. The molecule has 2 aromatic rings. The van der Waals surface area contributed by atoms with Gasteiger partial charge in [-0.15, -0.1) is 0 Å². The van der Waals surface area contributed by atoms with Gasteiger partial charge < -0.3 is 14.8 Å². The molecule has 0 bridgehead atoms. The van der Waals surface area contributed by atoms with Crippen molar-refractivity contribution in [1.29, 1.82) is 5.26 Å². The molecule has 0 saturated carbocycles. The van der Waals surface area contributed by atoms with E-state index >= 15 is 0 Å². The molecular formula is C16H17N3O2. The predicted molar refractivity (Wildman–Crippen MR) is 80.4 cm³/mol. The van der Waals surface area contributed by atoms with Crippen molar-refractivity contribution in [3.05, 3.63) is 47.7 Å². The third-order valence-electron chi connectivity index (χ3n) is 2.83. The van der Waals surface area contributed by atoms with E-state index in [0.29, 0.717) is 23.7 Å². The lowest BCUT2D eigenvalue weighted by molar-refractivity contribution is 0.281. The number of pyridine rings is 1. The maximum absolute atomic E-state index is 8.87. The Morgan fingerprint density at radius 2 is 2.10 bits per heavy atom. The number of aromatic nitrogens is 1. The van der Waals surface area contributed by atoms with Gasteiger partial charge in [0, 0.05) is 12.6 Å². The van der Waals surface area contributed by atoms with Gasteiger partial charge in [0.1, 0.15) is 12.4 Å². The molecule has 0 atom stereocenters. The van der Waals surface area contributed by atoms with Gasteiger partial charge in [0.15, 0.2) is 11.5 Å². The fraction of sp³-hybridized carbons (Fsp3) is 0.250. The number of hydrogen-bond acceptors (Lipinski definition) is 5. The summed E-state index contributed by atoms with van der Waals surface area (Å²) in [6, 6.07) is 12.9. The molecule has 5 nitrogen and oxygen atoms in total. The standard InChI is InChI=1S/C16H17N3O2/c1-3-18-16-6-4-5-13(19-16)11-21-14-8-7-12(10-17)9-15(14)20-2/h4-9H,3,11H2,1-2H3,(H,18,19). The fourth-order valence-electron chi connectivity index (χ4n) is 1.85. The first-order chi connectivity index (χ1) is 10.3. The largest absolute Gasteiger partial charge is 0.493 e. The number of nitrogens with zero attached hydrogens (tertiary/aromatic N) is 2. The van der Waals surface area contributed by atoms with Gasteiger partial charge in [-0.25, -0.2) is 4.98 Å². The van der Waals surface area contributed by atoms with Gasteiger partial charge in [-0.3, -0.25) is 0 Å². The Labute approximate surface area is 124 Å². The maximum atomic E-state index is 8.87. The predicted octanol–water partition coefficient (Wildman–Crippen LogP) is 2.97. The van der Waals surface area contributed by atoms with Gasteiger partial charge >= 0.3 is 0 Å². The van der Waals surface area contributed by atoms with Gasteiger partial charge in [-0.1, -0.05) is 6.07 Å². The minimum absolute atomic E-state index is 0.335. The van der Waals surface area contributed by atoms with E-state index in [1.807, 2.05) is 25.1 Å². The Morgan fingerprint density at radius 1 is 1.24 bits per heavy atom. The van der Waals surface area contributed by atoms with E-state index in [9.17, 15) is 0 Å². The van der Waals surface area contributed by atoms with Crippen LogP contribution in [0.3, 0.4) is 0 Å².